The summed E-state index contributed by atoms with van der Waals surface area (Å²) in [5.74, 6) is 0.687. The standard InChI is InChI=1S/C24H28N4O2S/c1-18(2)16-28-23(30)20-10-6-7-11-21(20)25-24(28)31-17-22(29)27-14-12-26(13-15-27)19-8-4-3-5-9-19/h3-11,18H,12-17H2,1-2H3. The van der Waals surface area contributed by atoms with Crippen LogP contribution in [0.5, 0.6) is 0 Å². The first-order chi connectivity index (χ1) is 15.0. The van der Waals surface area contributed by atoms with E-state index in [9.17, 15) is 9.59 Å². The number of hydrogen-bond acceptors (Lipinski definition) is 5. The molecule has 0 atom stereocenters. The molecule has 0 bridgehead atoms. The Labute approximate surface area is 186 Å². The third-order valence-corrected chi connectivity index (χ3v) is 6.41. The number of benzene rings is 2. The Kier molecular flexibility index (Phi) is 6.61. The summed E-state index contributed by atoms with van der Waals surface area (Å²) in [6.45, 7) is 7.81. The van der Waals surface area contributed by atoms with Crippen LogP contribution in [0.1, 0.15) is 13.8 Å². The quantitative estimate of drug-likeness (QED) is 0.437. The van der Waals surface area contributed by atoms with Crippen molar-refractivity contribution >= 4 is 34.3 Å². The Morgan fingerprint density at radius 3 is 2.39 bits per heavy atom. The molecule has 0 aliphatic carbocycles. The van der Waals surface area contributed by atoms with Crippen LogP contribution in [-0.4, -0.2) is 52.3 Å². The second-order valence-electron chi connectivity index (χ2n) is 8.21. The number of carbonyl (C=O) groups is 1. The number of rotatable bonds is 6. The van der Waals surface area contributed by atoms with E-state index < -0.39 is 0 Å². The predicted octanol–water partition coefficient (Wildman–Crippen LogP) is 3.49. The normalized spacial score (nSPS) is 14.4. The van der Waals surface area contributed by atoms with Gasteiger partial charge < -0.3 is 9.80 Å². The Bertz CT molecular complexity index is 1110. The van der Waals surface area contributed by atoms with Crippen molar-refractivity contribution in [2.75, 3.05) is 36.8 Å². The average Bonchev–Trinajstić information content (AvgIpc) is 2.80. The second-order valence-corrected chi connectivity index (χ2v) is 9.16. The molecule has 2 aromatic carbocycles. The van der Waals surface area contributed by atoms with E-state index in [-0.39, 0.29) is 17.2 Å². The molecule has 1 aliphatic rings. The van der Waals surface area contributed by atoms with Crippen molar-refractivity contribution < 1.29 is 4.79 Å². The first kappa shape index (κ1) is 21.4. The summed E-state index contributed by atoms with van der Waals surface area (Å²) < 4.78 is 1.72. The number of amides is 1. The highest BCUT2D eigenvalue weighted by Crippen LogP contribution is 2.21. The molecule has 0 unspecified atom stereocenters. The van der Waals surface area contributed by atoms with E-state index in [0.717, 1.165) is 13.1 Å². The van der Waals surface area contributed by atoms with Crippen LogP contribution in [0.25, 0.3) is 10.9 Å². The zero-order chi connectivity index (χ0) is 21.8. The molecule has 1 aromatic heterocycles. The number of anilines is 1. The van der Waals surface area contributed by atoms with Crippen molar-refractivity contribution in [3.63, 3.8) is 0 Å². The molecule has 1 fully saturated rings. The molecule has 1 saturated heterocycles. The lowest BCUT2D eigenvalue weighted by Gasteiger charge is -2.36. The van der Waals surface area contributed by atoms with E-state index in [2.05, 4.69) is 30.9 Å². The molecule has 1 amide bonds. The number of thioether (sulfide) groups is 1. The predicted molar refractivity (Wildman–Crippen MR) is 127 cm³/mol. The van der Waals surface area contributed by atoms with Gasteiger partial charge in [-0.15, -0.1) is 0 Å². The van der Waals surface area contributed by atoms with E-state index in [0.29, 0.717) is 41.6 Å². The van der Waals surface area contributed by atoms with Crippen molar-refractivity contribution in [2.24, 2.45) is 5.92 Å². The minimum atomic E-state index is -0.0364. The van der Waals surface area contributed by atoms with Gasteiger partial charge in [0.15, 0.2) is 5.16 Å². The number of nitrogens with zero attached hydrogens (tertiary/aromatic N) is 4. The lowest BCUT2D eigenvalue weighted by atomic mass is 10.2. The molecule has 7 heteroatoms. The first-order valence-electron chi connectivity index (χ1n) is 10.7. The minimum Gasteiger partial charge on any atom is -0.368 e. The van der Waals surface area contributed by atoms with Gasteiger partial charge in [-0.2, -0.15) is 0 Å². The maximum atomic E-state index is 13.0. The number of piperazine rings is 1. The van der Waals surface area contributed by atoms with Crippen LogP contribution in [0.2, 0.25) is 0 Å². The van der Waals surface area contributed by atoms with Gasteiger partial charge in [0.25, 0.3) is 5.56 Å². The molecule has 162 valence electrons. The highest BCUT2D eigenvalue weighted by atomic mass is 32.2. The van der Waals surface area contributed by atoms with Crippen molar-refractivity contribution in [3.8, 4) is 0 Å². The number of aromatic nitrogens is 2. The number of para-hydroxylation sites is 2. The van der Waals surface area contributed by atoms with Crippen LogP contribution >= 0.6 is 11.8 Å². The molecule has 3 aromatic rings. The molecule has 6 nitrogen and oxygen atoms in total. The van der Waals surface area contributed by atoms with Crippen LogP contribution in [0.3, 0.4) is 0 Å². The highest BCUT2D eigenvalue weighted by Gasteiger charge is 2.22. The topological polar surface area (TPSA) is 58.4 Å². The fraction of sp³-hybridized carbons (Fsp3) is 0.375. The summed E-state index contributed by atoms with van der Waals surface area (Å²) in [4.78, 5) is 34.8. The Morgan fingerprint density at radius 1 is 1.00 bits per heavy atom. The summed E-state index contributed by atoms with van der Waals surface area (Å²) in [5.41, 5.74) is 1.84. The monoisotopic (exact) mass is 436 g/mol. The van der Waals surface area contributed by atoms with E-state index >= 15 is 0 Å². The number of carbonyl (C=O) groups excluding carboxylic acids is 1. The average molecular weight is 437 g/mol. The van der Waals surface area contributed by atoms with Crippen LogP contribution in [0.15, 0.2) is 64.5 Å². The van der Waals surface area contributed by atoms with E-state index in [4.69, 9.17) is 4.98 Å². The number of hydrogen-bond donors (Lipinski definition) is 0. The van der Waals surface area contributed by atoms with Crippen LogP contribution < -0.4 is 10.5 Å². The Hall–Kier alpha value is -2.80. The molecule has 0 N–H and O–H groups in total. The third-order valence-electron chi connectivity index (χ3n) is 5.45. The molecule has 0 saturated carbocycles. The maximum absolute atomic E-state index is 13.0. The molecule has 31 heavy (non-hydrogen) atoms. The first-order valence-corrected chi connectivity index (χ1v) is 11.7. The summed E-state index contributed by atoms with van der Waals surface area (Å²) in [6, 6.07) is 17.7. The zero-order valence-corrected chi connectivity index (χ0v) is 18.8. The van der Waals surface area contributed by atoms with Crippen molar-refractivity contribution in [1.82, 2.24) is 14.5 Å². The zero-order valence-electron chi connectivity index (χ0n) is 18.0. The molecule has 0 radical (unpaired) electrons. The molecule has 1 aliphatic heterocycles. The summed E-state index contributed by atoms with van der Waals surface area (Å²) >= 11 is 1.36. The van der Waals surface area contributed by atoms with Gasteiger partial charge in [-0.3, -0.25) is 14.2 Å². The molecular weight excluding hydrogens is 408 g/mol. The third kappa shape index (κ3) is 4.93. The van der Waals surface area contributed by atoms with Crippen LogP contribution in [0.4, 0.5) is 5.69 Å². The molecule has 2 heterocycles. The van der Waals surface area contributed by atoms with Gasteiger partial charge in [0, 0.05) is 38.4 Å². The second kappa shape index (κ2) is 9.56. The lowest BCUT2D eigenvalue weighted by Crippen LogP contribution is -2.49. The van der Waals surface area contributed by atoms with E-state index in [1.165, 1.54) is 17.4 Å². The minimum absolute atomic E-state index is 0.0364. The Balaban J connectivity index is 1.44. The van der Waals surface area contributed by atoms with Crippen LogP contribution in [-0.2, 0) is 11.3 Å². The summed E-state index contributed by atoms with van der Waals surface area (Å²) in [5, 5.41) is 1.24. The van der Waals surface area contributed by atoms with E-state index in [1.54, 1.807) is 4.57 Å². The van der Waals surface area contributed by atoms with Gasteiger partial charge in [-0.25, -0.2) is 4.98 Å². The summed E-state index contributed by atoms with van der Waals surface area (Å²) in [7, 11) is 0. The largest absolute Gasteiger partial charge is 0.368 e. The maximum Gasteiger partial charge on any atom is 0.262 e. The Morgan fingerprint density at radius 2 is 1.68 bits per heavy atom. The van der Waals surface area contributed by atoms with Crippen LogP contribution in [0, 0.1) is 5.92 Å². The van der Waals surface area contributed by atoms with Gasteiger partial charge in [0.1, 0.15) is 0 Å². The van der Waals surface area contributed by atoms with Gasteiger partial charge in [-0.1, -0.05) is 55.9 Å². The van der Waals surface area contributed by atoms with Gasteiger partial charge >= 0.3 is 0 Å². The van der Waals surface area contributed by atoms with E-state index in [1.807, 2.05) is 47.4 Å². The molecule has 0 spiro atoms. The fourth-order valence-corrected chi connectivity index (χ4v) is 4.77. The SMILES string of the molecule is CC(C)Cn1c(SCC(=O)N2CCN(c3ccccc3)CC2)nc2ccccc2c1=O. The van der Waals surface area contributed by atoms with Crippen molar-refractivity contribution in [1.29, 1.82) is 0 Å². The van der Waals surface area contributed by atoms with Gasteiger partial charge in [0.05, 0.1) is 16.7 Å². The molecule has 4 rings (SSSR count). The molecular formula is C24H28N4O2S. The van der Waals surface area contributed by atoms with Gasteiger partial charge in [0.2, 0.25) is 5.91 Å². The lowest BCUT2D eigenvalue weighted by molar-refractivity contribution is -0.128. The fourth-order valence-electron chi connectivity index (χ4n) is 3.85. The highest BCUT2D eigenvalue weighted by molar-refractivity contribution is 7.99. The van der Waals surface area contributed by atoms with Gasteiger partial charge in [-0.05, 0) is 30.2 Å². The smallest absolute Gasteiger partial charge is 0.262 e. The van der Waals surface area contributed by atoms with Crippen molar-refractivity contribution in [2.45, 2.75) is 25.5 Å². The van der Waals surface area contributed by atoms with Crippen molar-refractivity contribution in [3.05, 3.63) is 65.0 Å². The number of fused-ring (bicyclic) bond motifs is 1. The summed E-state index contributed by atoms with van der Waals surface area (Å²) in [6.07, 6.45) is 0.